The molecule has 0 aliphatic rings. The van der Waals surface area contributed by atoms with Gasteiger partial charge in [0.2, 0.25) is 0 Å². The first-order valence-corrected chi connectivity index (χ1v) is 5.90. The summed E-state index contributed by atoms with van der Waals surface area (Å²) in [6, 6.07) is 4.07. The van der Waals surface area contributed by atoms with Gasteiger partial charge in [-0.2, -0.15) is 0 Å². The van der Waals surface area contributed by atoms with E-state index >= 15 is 0 Å². The Kier molecular flexibility index (Phi) is 4.96. The fourth-order valence-electron chi connectivity index (χ4n) is 1.70. The van der Waals surface area contributed by atoms with Crippen molar-refractivity contribution in [2.75, 3.05) is 0 Å². The Balaban J connectivity index is 2.91. The van der Waals surface area contributed by atoms with Crippen LogP contribution in [0.15, 0.2) is 18.3 Å². The van der Waals surface area contributed by atoms with Crippen LogP contribution in [0.5, 0.6) is 0 Å². The highest BCUT2D eigenvalue weighted by Gasteiger charge is 2.14. The highest BCUT2D eigenvalue weighted by molar-refractivity contribution is 5.69. The first-order valence-electron chi connectivity index (χ1n) is 5.90. The number of pyridine rings is 1. The van der Waals surface area contributed by atoms with E-state index in [9.17, 15) is 4.79 Å². The van der Waals surface area contributed by atoms with Gasteiger partial charge in [0.25, 0.3) is 0 Å². The number of carboxylic acids is 1. The maximum absolute atomic E-state index is 10.8. The predicted octanol–water partition coefficient (Wildman–Crippen LogP) is 1.96. The minimum atomic E-state index is -0.765. The third kappa shape index (κ3) is 3.65. The largest absolute Gasteiger partial charge is 0.481 e. The first-order chi connectivity index (χ1) is 7.67. The molecule has 88 valence electrons. The van der Waals surface area contributed by atoms with E-state index in [1.54, 1.807) is 0 Å². The molecule has 3 nitrogen and oxygen atoms in total. The summed E-state index contributed by atoms with van der Waals surface area (Å²) in [5, 5.41) is 8.87. The topological polar surface area (TPSA) is 41.2 Å². The van der Waals surface area contributed by atoms with E-state index in [2.05, 4.69) is 24.5 Å². The van der Waals surface area contributed by atoms with Gasteiger partial charge in [-0.1, -0.05) is 20.3 Å². The lowest BCUT2D eigenvalue weighted by molar-refractivity contribution is -0.704. The number of carbonyl (C=O) groups is 1. The lowest BCUT2D eigenvalue weighted by atomic mass is 10.1. The average Bonchev–Trinajstić information content (AvgIpc) is 2.26. The number of carboxylic acid groups (broad SMARTS) is 1. The molecule has 0 saturated carbocycles. The molecule has 0 spiro atoms. The zero-order valence-corrected chi connectivity index (χ0v) is 10.1. The van der Waals surface area contributed by atoms with Gasteiger partial charge in [0.05, 0.1) is 0 Å². The van der Waals surface area contributed by atoms with Crippen molar-refractivity contribution in [2.45, 2.75) is 46.1 Å². The zero-order chi connectivity index (χ0) is 12.0. The number of aryl methyl sites for hydroxylation is 2. The number of nitrogens with zero attached hydrogens (tertiary/aromatic N) is 1. The second-order valence-electron chi connectivity index (χ2n) is 4.00. The molecule has 3 heteroatoms. The SMILES string of the molecule is CCCC[n+]1ccc(CC)cc1CC(=O)O. The van der Waals surface area contributed by atoms with Crippen molar-refractivity contribution >= 4 is 5.97 Å². The van der Waals surface area contributed by atoms with Gasteiger partial charge in [0, 0.05) is 18.6 Å². The zero-order valence-electron chi connectivity index (χ0n) is 10.1. The summed E-state index contributed by atoms with van der Waals surface area (Å²) in [5.74, 6) is -0.765. The van der Waals surface area contributed by atoms with Gasteiger partial charge in [-0.05, 0) is 12.0 Å². The highest BCUT2D eigenvalue weighted by Crippen LogP contribution is 2.03. The first kappa shape index (κ1) is 12.7. The van der Waals surface area contributed by atoms with E-state index in [0.29, 0.717) is 0 Å². The lowest BCUT2D eigenvalue weighted by Crippen LogP contribution is -2.39. The van der Waals surface area contributed by atoms with Crippen LogP contribution in [0, 0.1) is 0 Å². The van der Waals surface area contributed by atoms with Gasteiger partial charge in [-0.25, -0.2) is 4.57 Å². The molecular weight excluding hydrogens is 202 g/mol. The smallest absolute Gasteiger partial charge is 0.314 e. The molecule has 0 fully saturated rings. The number of hydrogen-bond acceptors (Lipinski definition) is 1. The van der Waals surface area contributed by atoms with E-state index in [1.807, 2.05) is 12.3 Å². The Morgan fingerprint density at radius 1 is 1.44 bits per heavy atom. The molecule has 1 heterocycles. The fourth-order valence-corrected chi connectivity index (χ4v) is 1.70. The van der Waals surface area contributed by atoms with Crippen molar-refractivity contribution < 1.29 is 14.5 Å². The molecule has 0 aromatic carbocycles. The second kappa shape index (κ2) is 6.26. The molecule has 1 aromatic rings. The number of rotatable bonds is 6. The third-order valence-corrected chi connectivity index (χ3v) is 2.68. The van der Waals surface area contributed by atoms with Crippen LogP contribution >= 0.6 is 0 Å². The van der Waals surface area contributed by atoms with Gasteiger partial charge in [-0.3, -0.25) is 4.79 Å². The molecule has 16 heavy (non-hydrogen) atoms. The Hall–Kier alpha value is -1.38. The maximum Gasteiger partial charge on any atom is 0.314 e. The standard InChI is InChI=1S/C13H19NO2/c1-3-5-7-14-8-6-11(4-2)9-12(14)10-13(15)16/h6,8-9H,3-5,7,10H2,1-2H3/p+1. The molecule has 0 aliphatic heterocycles. The van der Waals surface area contributed by atoms with E-state index in [0.717, 1.165) is 31.5 Å². The van der Waals surface area contributed by atoms with Crippen molar-refractivity contribution in [1.29, 1.82) is 0 Å². The molecule has 1 N–H and O–H groups in total. The molecule has 0 amide bonds. The molecule has 1 rings (SSSR count). The van der Waals surface area contributed by atoms with Crippen LogP contribution in [0.2, 0.25) is 0 Å². The lowest BCUT2D eigenvalue weighted by Gasteiger charge is -2.03. The molecule has 0 unspecified atom stereocenters. The van der Waals surface area contributed by atoms with Crippen molar-refractivity contribution in [3.05, 3.63) is 29.6 Å². The summed E-state index contributed by atoms with van der Waals surface area (Å²) in [7, 11) is 0. The normalized spacial score (nSPS) is 10.4. The van der Waals surface area contributed by atoms with Crippen LogP contribution < -0.4 is 4.57 Å². The fraction of sp³-hybridized carbons (Fsp3) is 0.538. The minimum Gasteiger partial charge on any atom is -0.481 e. The quantitative estimate of drug-likeness (QED) is 0.748. The Morgan fingerprint density at radius 2 is 2.19 bits per heavy atom. The molecular formula is C13H20NO2+. The third-order valence-electron chi connectivity index (χ3n) is 2.68. The van der Waals surface area contributed by atoms with E-state index in [-0.39, 0.29) is 6.42 Å². The highest BCUT2D eigenvalue weighted by atomic mass is 16.4. The van der Waals surface area contributed by atoms with Crippen molar-refractivity contribution in [3.8, 4) is 0 Å². The average molecular weight is 222 g/mol. The Bertz CT molecular complexity index is 361. The summed E-state index contributed by atoms with van der Waals surface area (Å²) >= 11 is 0. The van der Waals surface area contributed by atoms with Crippen molar-refractivity contribution in [1.82, 2.24) is 0 Å². The summed E-state index contributed by atoms with van der Waals surface area (Å²) < 4.78 is 2.05. The molecule has 0 atom stereocenters. The molecule has 1 aromatic heterocycles. The van der Waals surface area contributed by atoms with Crippen LogP contribution in [0.3, 0.4) is 0 Å². The molecule has 0 bridgehead atoms. The van der Waals surface area contributed by atoms with Crippen LogP contribution in [0.25, 0.3) is 0 Å². The maximum atomic E-state index is 10.8. The second-order valence-corrected chi connectivity index (χ2v) is 4.00. The summed E-state index contributed by atoms with van der Waals surface area (Å²) in [4.78, 5) is 10.8. The molecule has 0 saturated heterocycles. The monoisotopic (exact) mass is 222 g/mol. The van der Waals surface area contributed by atoms with Gasteiger partial charge >= 0.3 is 5.97 Å². The Labute approximate surface area is 96.7 Å². The molecule has 0 radical (unpaired) electrons. The van der Waals surface area contributed by atoms with Gasteiger partial charge in [0.15, 0.2) is 11.9 Å². The summed E-state index contributed by atoms with van der Waals surface area (Å²) in [6.07, 6.45) is 5.27. The van der Waals surface area contributed by atoms with Gasteiger partial charge in [0.1, 0.15) is 13.0 Å². The van der Waals surface area contributed by atoms with Crippen LogP contribution in [-0.4, -0.2) is 11.1 Å². The van der Waals surface area contributed by atoms with E-state index in [1.165, 1.54) is 5.56 Å². The number of aromatic nitrogens is 1. The summed E-state index contributed by atoms with van der Waals surface area (Å²) in [5.41, 5.74) is 2.10. The number of aliphatic carboxylic acids is 1. The number of hydrogen-bond donors (Lipinski definition) is 1. The van der Waals surface area contributed by atoms with Crippen LogP contribution in [0.4, 0.5) is 0 Å². The van der Waals surface area contributed by atoms with Gasteiger partial charge in [-0.15, -0.1) is 0 Å². The molecule has 0 aliphatic carbocycles. The minimum absolute atomic E-state index is 0.109. The van der Waals surface area contributed by atoms with Gasteiger partial charge < -0.3 is 5.11 Å². The van der Waals surface area contributed by atoms with Crippen molar-refractivity contribution in [3.63, 3.8) is 0 Å². The van der Waals surface area contributed by atoms with E-state index < -0.39 is 5.97 Å². The van der Waals surface area contributed by atoms with Crippen LogP contribution in [0.1, 0.15) is 37.9 Å². The predicted molar refractivity (Wildman–Crippen MR) is 62.3 cm³/mol. The summed E-state index contributed by atoms with van der Waals surface area (Å²) in [6.45, 7) is 5.12. The van der Waals surface area contributed by atoms with Crippen molar-refractivity contribution in [2.24, 2.45) is 0 Å². The number of unbranched alkanes of at least 4 members (excludes halogenated alkanes) is 1. The van der Waals surface area contributed by atoms with E-state index in [4.69, 9.17) is 5.11 Å². The van der Waals surface area contributed by atoms with Crippen LogP contribution in [-0.2, 0) is 24.2 Å². The Morgan fingerprint density at radius 3 is 2.75 bits per heavy atom.